The Morgan fingerprint density at radius 2 is 1.69 bits per heavy atom. The molecule has 1 aliphatic rings. The van der Waals surface area contributed by atoms with Crippen LogP contribution in [0.5, 0.6) is 0 Å². The molecule has 0 bridgehead atoms. The minimum Gasteiger partial charge on any atom is -0.446 e. The SMILES string of the molecule is Cc1nc(/C=C/C(=O)N(Cc2ccc(-c3cnccn3)cc2)[C@@H](Cc2ccccc2)C(=O)N2CCc3ccccc3C2)c(C)o1. The molecule has 1 aliphatic heterocycles. The number of aryl methyl sites for hydroxylation is 2. The van der Waals surface area contributed by atoms with Gasteiger partial charge >= 0.3 is 0 Å². The van der Waals surface area contributed by atoms with Crippen LogP contribution in [0.4, 0.5) is 0 Å². The molecule has 1 atom stereocenters. The van der Waals surface area contributed by atoms with E-state index in [9.17, 15) is 9.59 Å². The van der Waals surface area contributed by atoms with Crippen LogP contribution in [0.1, 0.15) is 39.6 Å². The number of hydrogen-bond acceptors (Lipinski definition) is 6. The normalized spacial score (nSPS) is 13.4. The van der Waals surface area contributed by atoms with Gasteiger partial charge in [0.05, 0.1) is 11.9 Å². The largest absolute Gasteiger partial charge is 0.446 e. The van der Waals surface area contributed by atoms with Crippen molar-refractivity contribution in [1.29, 1.82) is 0 Å². The van der Waals surface area contributed by atoms with E-state index in [2.05, 4.69) is 27.1 Å². The summed E-state index contributed by atoms with van der Waals surface area (Å²) in [6.45, 7) is 4.95. The molecule has 6 rings (SSSR count). The maximum atomic E-state index is 14.5. The molecule has 0 radical (unpaired) electrons. The zero-order chi connectivity index (χ0) is 31.2. The van der Waals surface area contributed by atoms with Gasteiger partial charge in [-0.25, -0.2) is 4.98 Å². The van der Waals surface area contributed by atoms with Gasteiger partial charge in [0.15, 0.2) is 5.89 Å². The number of nitrogens with zero attached hydrogens (tertiary/aromatic N) is 5. The molecule has 5 aromatic rings. The minimum atomic E-state index is -0.727. The van der Waals surface area contributed by atoms with Crippen LogP contribution in [0.2, 0.25) is 0 Å². The predicted molar refractivity (Wildman–Crippen MR) is 173 cm³/mol. The minimum absolute atomic E-state index is 0.0697. The van der Waals surface area contributed by atoms with E-state index < -0.39 is 6.04 Å². The third-order valence-electron chi connectivity index (χ3n) is 8.15. The summed E-state index contributed by atoms with van der Waals surface area (Å²) < 4.78 is 5.57. The number of oxazole rings is 1. The Hall–Kier alpha value is -5.37. The molecule has 0 fully saturated rings. The highest BCUT2D eigenvalue weighted by Gasteiger charge is 2.34. The molecule has 0 N–H and O–H groups in total. The average Bonchev–Trinajstić information content (AvgIpc) is 3.41. The molecule has 3 aromatic carbocycles. The summed E-state index contributed by atoms with van der Waals surface area (Å²) in [7, 11) is 0. The lowest BCUT2D eigenvalue weighted by atomic mass is 9.97. The molecule has 0 saturated heterocycles. The molecule has 45 heavy (non-hydrogen) atoms. The van der Waals surface area contributed by atoms with Gasteiger partial charge in [0, 0.05) is 57.0 Å². The Morgan fingerprint density at radius 3 is 2.40 bits per heavy atom. The first kappa shape index (κ1) is 29.7. The van der Waals surface area contributed by atoms with E-state index in [1.807, 2.05) is 78.6 Å². The third kappa shape index (κ3) is 7.07. The van der Waals surface area contributed by atoms with Crippen molar-refractivity contribution in [3.8, 4) is 11.3 Å². The quantitative estimate of drug-likeness (QED) is 0.194. The fraction of sp³-hybridized carbons (Fsp3) is 0.216. The van der Waals surface area contributed by atoms with E-state index in [0.29, 0.717) is 36.9 Å². The second-order valence-electron chi connectivity index (χ2n) is 11.2. The molecular weight excluding hydrogens is 562 g/mol. The zero-order valence-electron chi connectivity index (χ0n) is 25.5. The van der Waals surface area contributed by atoms with Crippen molar-refractivity contribution in [2.45, 2.75) is 45.8 Å². The van der Waals surface area contributed by atoms with E-state index in [1.165, 1.54) is 11.6 Å². The Morgan fingerprint density at radius 1 is 0.933 bits per heavy atom. The van der Waals surface area contributed by atoms with Crippen molar-refractivity contribution < 1.29 is 14.0 Å². The average molecular weight is 598 g/mol. The van der Waals surface area contributed by atoms with Gasteiger partial charge in [0.2, 0.25) is 11.8 Å². The molecule has 226 valence electrons. The lowest BCUT2D eigenvalue weighted by molar-refractivity contribution is -0.144. The van der Waals surface area contributed by atoms with Crippen molar-refractivity contribution in [2.24, 2.45) is 0 Å². The number of aromatic nitrogens is 3. The lowest BCUT2D eigenvalue weighted by Gasteiger charge is -2.37. The Balaban J connectivity index is 1.35. The summed E-state index contributed by atoms with van der Waals surface area (Å²) in [6.07, 6.45) is 9.34. The van der Waals surface area contributed by atoms with Gasteiger partial charge in [-0.3, -0.25) is 19.6 Å². The van der Waals surface area contributed by atoms with Crippen LogP contribution in [0.15, 0.2) is 108 Å². The van der Waals surface area contributed by atoms with E-state index in [0.717, 1.165) is 34.4 Å². The van der Waals surface area contributed by atoms with Crippen LogP contribution in [-0.4, -0.2) is 49.2 Å². The maximum Gasteiger partial charge on any atom is 0.247 e. The molecule has 8 heteroatoms. The summed E-state index contributed by atoms with van der Waals surface area (Å²) in [5.41, 5.74) is 6.56. The molecule has 2 aromatic heterocycles. The molecule has 0 spiro atoms. The van der Waals surface area contributed by atoms with Gasteiger partial charge in [-0.05, 0) is 41.7 Å². The van der Waals surface area contributed by atoms with Crippen molar-refractivity contribution >= 4 is 17.9 Å². The molecule has 3 heterocycles. The van der Waals surface area contributed by atoms with Crippen LogP contribution in [0.25, 0.3) is 17.3 Å². The van der Waals surface area contributed by atoms with Crippen LogP contribution < -0.4 is 0 Å². The standard InChI is InChI=1S/C37H35N5O3/c1-26-33(40-27(2)45-26)16-17-36(43)42(24-29-12-14-31(15-13-29)34-23-38-19-20-39-34)35(22-28-8-4-3-5-9-28)37(44)41-21-18-30-10-6-7-11-32(30)25-41/h3-17,19-20,23,35H,18,21-22,24-25H2,1-2H3/b17-16+/t35-/m0/s1. The van der Waals surface area contributed by atoms with Crippen molar-refractivity contribution in [1.82, 2.24) is 24.8 Å². The Kier molecular flexibility index (Phi) is 8.91. The lowest BCUT2D eigenvalue weighted by Crippen LogP contribution is -2.52. The zero-order valence-corrected chi connectivity index (χ0v) is 25.5. The fourth-order valence-corrected chi connectivity index (χ4v) is 5.78. The monoisotopic (exact) mass is 597 g/mol. The molecule has 0 saturated carbocycles. The second kappa shape index (κ2) is 13.5. The first-order valence-corrected chi connectivity index (χ1v) is 15.1. The van der Waals surface area contributed by atoms with Crippen molar-refractivity contribution in [3.63, 3.8) is 0 Å². The highest BCUT2D eigenvalue weighted by Crippen LogP contribution is 2.24. The topological polar surface area (TPSA) is 92.4 Å². The number of carbonyl (C=O) groups is 2. The smallest absolute Gasteiger partial charge is 0.247 e. The number of benzene rings is 3. The number of hydrogen-bond donors (Lipinski definition) is 0. The number of fused-ring (bicyclic) bond motifs is 1. The summed E-state index contributed by atoms with van der Waals surface area (Å²) in [5.74, 6) is 0.813. The Labute approximate surface area is 263 Å². The van der Waals surface area contributed by atoms with E-state index in [1.54, 1.807) is 36.5 Å². The summed E-state index contributed by atoms with van der Waals surface area (Å²) in [5, 5.41) is 0. The maximum absolute atomic E-state index is 14.5. The van der Waals surface area contributed by atoms with E-state index in [-0.39, 0.29) is 18.4 Å². The molecule has 2 amide bonds. The predicted octanol–water partition coefficient (Wildman–Crippen LogP) is 5.99. The van der Waals surface area contributed by atoms with Gasteiger partial charge in [-0.1, -0.05) is 78.9 Å². The van der Waals surface area contributed by atoms with Gasteiger partial charge < -0.3 is 14.2 Å². The summed E-state index contributed by atoms with van der Waals surface area (Å²) in [6, 6.07) is 25.3. The molecule has 0 unspecified atom stereocenters. The first-order chi connectivity index (χ1) is 21.9. The first-order valence-electron chi connectivity index (χ1n) is 15.1. The van der Waals surface area contributed by atoms with Crippen LogP contribution in [0, 0.1) is 13.8 Å². The number of carbonyl (C=O) groups excluding carboxylic acids is 2. The van der Waals surface area contributed by atoms with Crippen LogP contribution in [-0.2, 0) is 35.5 Å². The van der Waals surface area contributed by atoms with Gasteiger partial charge in [0.25, 0.3) is 0 Å². The molecular formula is C37H35N5O3. The third-order valence-corrected chi connectivity index (χ3v) is 8.15. The van der Waals surface area contributed by atoms with Crippen molar-refractivity contribution in [3.05, 3.63) is 143 Å². The number of amides is 2. The van der Waals surface area contributed by atoms with Crippen LogP contribution >= 0.6 is 0 Å². The highest BCUT2D eigenvalue weighted by atomic mass is 16.4. The van der Waals surface area contributed by atoms with Gasteiger partial charge in [-0.2, -0.15) is 0 Å². The highest BCUT2D eigenvalue weighted by molar-refractivity contribution is 5.95. The summed E-state index contributed by atoms with van der Waals surface area (Å²) in [4.78, 5) is 45.2. The van der Waals surface area contributed by atoms with E-state index >= 15 is 0 Å². The van der Waals surface area contributed by atoms with Crippen LogP contribution in [0.3, 0.4) is 0 Å². The molecule has 0 aliphatic carbocycles. The number of rotatable bonds is 9. The second-order valence-corrected chi connectivity index (χ2v) is 11.2. The fourth-order valence-electron chi connectivity index (χ4n) is 5.78. The van der Waals surface area contributed by atoms with Gasteiger partial charge in [0.1, 0.15) is 17.5 Å². The van der Waals surface area contributed by atoms with Gasteiger partial charge in [-0.15, -0.1) is 0 Å². The Bertz CT molecular complexity index is 1800. The summed E-state index contributed by atoms with van der Waals surface area (Å²) >= 11 is 0. The van der Waals surface area contributed by atoms with E-state index in [4.69, 9.17) is 4.42 Å². The van der Waals surface area contributed by atoms with Crippen molar-refractivity contribution in [2.75, 3.05) is 6.54 Å². The molecule has 8 nitrogen and oxygen atoms in total.